The summed E-state index contributed by atoms with van der Waals surface area (Å²) in [7, 11) is 0. The predicted octanol–water partition coefficient (Wildman–Crippen LogP) is 3.73. The van der Waals surface area contributed by atoms with E-state index in [1.54, 1.807) is 42.5 Å². The largest absolute Gasteiger partial charge is 0.322 e. The molecule has 4 rings (SSSR count). The van der Waals surface area contributed by atoms with Crippen LogP contribution in [0.3, 0.4) is 0 Å². The number of fused-ring (bicyclic) bond motifs is 3. The number of halogens is 2. The highest BCUT2D eigenvalue weighted by Gasteiger charge is 2.16. The number of carbonyl (C=O) groups is 1. The van der Waals surface area contributed by atoms with E-state index in [9.17, 15) is 9.59 Å². The fourth-order valence-electron chi connectivity index (χ4n) is 2.62. The van der Waals surface area contributed by atoms with E-state index in [1.165, 1.54) is 10.7 Å². The van der Waals surface area contributed by atoms with Crippen molar-refractivity contribution in [1.82, 2.24) is 14.6 Å². The number of anilines is 1. The summed E-state index contributed by atoms with van der Waals surface area (Å²) < 4.78 is 1.53. The molecule has 4 aromatic rings. The van der Waals surface area contributed by atoms with Crippen LogP contribution in [0.25, 0.3) is 16.6 Å². The summed E-state index contributed by atoms with van der Waals surface area (Å²) in [5, 5.41) is 8.16. The molecular formula is C17H10Cl2N4O2. The summed E-state index contributed by atoms with van der Waals surface area (Å²) in [6, 6.07) is 11.8. The molecule has 0 aliphatic carbocycles. The van der Waals surface area contributed by atoms with Crippen molar-refractivity contribution in [2.45, 2.75) is 0 Å². The third kappa shape index (κ3) is 2.65. The maximum Gasteiger partial charge on any atom is 0.261 e. The number of para-hydroxylation sites is 1. The van der Waals surface area contributed by atoms with Crippen LogP contribution in [-0.2, 0) is 0 Å². The molecule has 1 amide bonds. The van der Waals surface area contributed by atoms with Crippen LogP contribution in [0.15, 0.2) is 53.5 Å². The van der Waals surface area contributed by atoms with Crippen LogP contribution in [0, 0.1) is 0 Å². The first kappa shape index (κ1) is 15.7. The Balaban J connectivity index is 1.80. The van der Waals surface area contributed by atoms with Gasteiger partial charge in [-0.2, -0.15) is 5.10 Å². The normalized spacial score (nSPS) is 11.1. The van der Waals surface area contributed by atoms with Crippen LogP contribution in [0.4, 0.5) is 5.69 Å². The summed E-state index contributed by atoms with van der Waals surface area (Å²) in [6.07, 6.45) is 1.41. The molecule has 0 spiro atoms. The molecule has 2 heterocycles. The van der Waals surface area contributed by atoms with Gasteiger partial charge >= 0.3 is 0 Å². The zero-order chi connectivity index (χ0) is 17.6. The van der Waals surface area contributed by atoms with Crippen LogP contribution in [0.2, 0.25) is 10.0 Å². The second-order valence-electron chi connectivity index (χ2n) is 5.37. The predicted molar refractivity (Wildman–Crippen MR) is 97.7 cm³/mol. The zero-order valence-corrected chi connectivity index (χ0v) is 14.1. The highest BCUT2D eigenvalue weighted by molar-refractivity contribution is 6.42. The van der Waals surface area contributed by atoms with Crippen molar-refractivity contribution in [3.8, 4) is 0 Å². The third-order valence-corrected chi connectivity index (χ3v) is 4.54. The van der Waals surface area contributed by atoms with Crippen LogP contribution in [0.1, 0.15) is 10.4 Å². The monoisotopic (exact) mass is 372 g/mol. The van der Waals surface area contributed by atoms with E-state index in [0.29, 0.717) is 32.3 Å². The number of H-pyrrole nitrogens is 1. The second-order valence-corrected chi connectivity index (χ2v) is 6.19. The van der Waals surface area contributed by atoms with Crippen molar-refractivity contribution in [2.24, 2.45) is 0 Å². The van der Waals surface area contributed by atoms with Crippen molar-refractivity contribution in [3.05, 3.63) is 74.6 Å². The van der Waals surface area contributed by atoms with Crippen LogP contribution in [-0.4, -0.2) is 20.5 Å². The van der Waals surface area contributed by atoms with Gasteiger partial charge in [-0.15, -0.1) is 0 Å². The van der Waals surface area contributed by atoms with Gasteiger partial charge in [0.05, 0.1) is 27.1 Å². The Labute approximate surface area is 151 Å². The molecule has 25 heavy (non-hydrogen) atoms. The lowest BCUT2D eigenvalue weighted by atomic mass is 10.2. The Morgan fingerprint density at radius 1 is 1.12 bits per heavy atom. The highest BCUT2D eigenvalue weighted by Crippen LogP contribution is 2.25. The van der Waals surface area contributed by atoms with Crippen molar-refractivity contribution < 1.29 is 4.79 Å². The van der Waals surface area contributed by atoms with E-state index in [2.05, 4.69) is 15.4 Å². The minimum atomic E-state index is -0.417. The first-order valence-corrected chi connectivity index (χ1v) is 8.05. The Bertz CT molecular complexity index is 1200. The van der Waals surface area contributed by atoms with E-state index < -0.39 is 5.91 Å². The van der Waals surface area contributed by atoms with Gasteiger partial charge in [-0.25, -0.2) is 4.52 Å². The number of carbonyl (C=O) groups excluding carboxylic acids is 1. The Kier molecular flexibility index (Phi) is 3.71. The molecule has 2 aromatic carbocycles. The lowest BCUT2D eigenvalue weighted by molar-refractivity contribution is 0.102. The Morgan fingerprint density at radius 2 is 1.92 bits per heavy atom. The number of aromatic amines is 1. The van der Waals surface area contributed by atoms with Crippen molar-refractivity contribution in [1.29, 1.82) is 0 Å². The van der Waals surface area contributed by atoms with E-state index in [4.69, 9.17) is 23.2 Å². The Hall–Kier alpha value is -2.83. The standard InChI is InChI=1S/C17H10Cl2N4O2/c18-12-6-5-9(7-13(12)19)21-17(25)11-8-20-23-14-4-2-1-3-10(14)16(24)22-15(11)23/h1-8H,(H,21,25)(H,22,24). The minimum Gasteiger partial charge on any atom is -0.322 e. The molecule has 2 N–H and O–H groups in total. The van der Waals surface area contributed by atoms with Gasteiger partial charge in [0.2, 0.25) is 0 Å². The average molecular weight is 373 g/mol. The van der Waals surface area contributed by atoms with Gasteiger partial charge in [-0.1, -0.05) is 35.3 Å². The number of hydrogen-bond acceptors (Lipinski definition) is 3. The van der Waals surface area contributed by atoms with Gasteiger partial charge < -0.3 is 10.3 Å². The molecule has 8 heteroatoms. The lowest BCUT2D eigenvalue weighted by Gasteiger charge is -2.06. The number of hydrogen-bond donors (Lipinski definition) is 2. The van der Waals surface area contributed by atoms with Gasteiger partial charge in [-0.3, -0.25) is 9.59 Å². The zero-order valence-electron chi connectivity index (χ0n) is 12.6. The molecule has 0 atom stereocenters. The molecule has 0 aliphatic heterocycles. The van der Waals surface area contributed by atoms with Crippen LogP contribution >= 0.6 is 23.2 Å². The van der Waals surface area contributed by atoms with Gasteiger partial charge in [0.1, 0.15) is 11.2 Å². The van der Waals surface area contributed by atoms with Gasteiger partial charge in [-0.05, 0) is 30.3 Å². The molecule has 0 saturated carbocycles. The summed E-state index contributed by atoms with van der Waals surface area (Å²) in [6.45, 7) is 0. The Morgan fingerprint density at radius 3 is 2.72 bits per heavy atom. The number of nitrogens with zero attached hydrogens (tertiary/aromatic N) is 2. The van der Waals surface area contributed by atoms with E-state index in [0.717, 1.165) is 0 Å². The number of nitrogens with one attached hydrogen (secondary N) is 2. The quantitative estimate of drug-likeness (QED) is 0.562. The maximum absolute atomic E-state index is 12.6. The molecule has 2 aromatic heterocycles. The molecule has 0 radical (unpaired) electrons. The molecule has 0 aliphatic rings. The fraction of sp³-hybridized carbons (Fsp3) is 0. The summed E-state index contributed by atoms with van der Waals surface area (Å²) in [5.41, 5.74) is 1.39. The molecule has 0 unspecified atom stereocenters. The minimum absolute atomic E-state index is 0.244. The second kappa shape index (κ2) is 5.91. The third-order valence-electron chi connectivity index (χ3n) is 3.80. The summed E-state index contributed by atoms with van der Waals surface area (Å²) in [5.74, 6) is -0.417. The van der Waals surface area contributed by atoms with Crippen molar-refractivity contribution in [2.75, 3.05) is 5.32 Å². The molecular weight excluding hydrogens is 363 g/mol. The fourth-order valence-corrected chi connectivity index (χ4v) is 2.91. The molecule has 0 fully saturated rings. The van der Waals surface area contributed by atoms with E-state index in [1.807, 2.05) is 0 Å². The van der Waals surface area contributed by atoms with Crippen molar-refractivity contribution >= 4 is 51.3 Å². The van der Waals surface area contributed by atoms with Crippen molar-refractivity contribution in [3.63, 3.8) is 0 Å². The number of rotatable bonds is 2. The first-order valence-electron chi connectivity index (χ1n) is 7.30. The number of benzene rings is 2. The molecule has 124 valence electrons. The highest BCUT2D eigenvalue weighted by atomic mass is 35.5. The molecule has 0 saturated heterocycles. The molecule has 0 bridgehead atoms. The maximum atomic E-state index is 12.6. The SMILES string of the molecule is O=C(Nc1ccc(Cl)c(Cl)c1)c1cnn2c1[nH]c(=O)c1ccccc12. The van der Waals surface area contributed by atoms with E-state index in [-0.39, 0.29) is 11.1 Å². The summed E-state index contributed by atoms with van der Waals surface area (Å²) >= 11 is 11.8. The van der Waals surface area contributed by atoms with Gasteiger partial charge in [0, 0.05) is 5.69 Å². The van der Waals surface area contributed by atoms with Crippen LogP contribution in [0.5, 0.6) is 0 Å². The number of aromatic nitrogens is 3. The van der Waals surface area contributed by atoms with Crippen LogP contribution < -0.4 is 10.9 Å². The topological polar surface area (TPSA) is 79.3 Å². The van der Waals surface area contributed by atoms with E-state index >= 15 is 0 Å². The number of amides is 1. The molecule has 6 nitrogen and oxygen atoms in total. The van der Waals surface area contributed by atoms with Gasteiger partial charge in [0.15, 0.2) is 0 Å². The average Bonchev–Trinajstić information content (AvgIpc) is 3.02. The first-order chi connectivity index (χ1) is 12.0. The summed E-state index contributed by atoms with van der Waals surface area (Å²) in [4.78, 5) is 27.5. The smallest absolute Gasteiger partial charge is 0.261 e. The lowest BCUT2D eigenvalue weighted by Crippen LogP contribution is -2.15. The van der Waals surface area contributed by atoms with Gasteiger partial charge in [0.25, 0.3) is 11.5 Å².